The van der Waals surface area contributed by atoms with Gasteiger partial charge in [-0.2, -0.15) is 0 Å². The van der Waals surface area contributed by atoms with Crippen molar-refractivity contribution in [2.24, 2.45) is 5.73 Å². The second-order valence-electron chi connectivity index (χ2n) is 1.13. The third-order valence-electron chi connectivity index (χ3n) is 0.514. The number of carbonyl (C=O) groups is 1. The van der Waals surface area contributed by atoms with Crippen molar-refractivity contribution in [1.29, 1.82) is 0 Å². The van der Waals surface area contributed by atoms with Crippen LogP contribution in [0.15, 0.2) is 0 Å². The zero-order valence-electron chi connectivity index (χ0n) is 5.32. The first-order valence-corrected chi connectivity index (χ1v) is 1.77. The number of rotatable bonds is 2. The molecule has 0 fully saturated rings. The molecule has 10 heavy (non-hydrogen) atoms. The molecule has 0 heterocycles. The molecule has 0 aliphatic heterocycles. The summed E-state index contributed by atoms with van der Waals surface area (Å²) < 4.78 is 0. The largest absolute Gasteiger partial charge is 0.480 e. The molecule has 1 radical (unpaired) electrons. The van der Waals surface area contributed by atoms with E-state index in [4.69, 9.17) is 15.9 Å². The molecule has 0 amide bonds. The normalized spacial score (nSPS) is 9.40. The van der Waals surface area contributed by atoms with E-state index in [0.29, 0.717) is 0 Å². The number of carboxylic acid groups (broad SMARTS) is 1. The quantitative estimate of drug-likeness (QED) is 0.536. The van der Waals surface area contributed by atoms with Gasteiger partial charge in [0.25, 0.3) is 0 Å². The van der Waals surface area contributed by atoms with Crippen LogP contribution in [-0.2, 0) is 68.4 Å². The molecule has 0 aromatic carbocycles. The van der Waals surface area contributed by atoms with E-state index < -0.39 is 18.6 Å². The van der Waals surface area contributed by atoms with E-state index in [0.717, 1.165) is 0 Å². The minimum atomic E-state index is -1.18. The van der Waals surface area contributed by atoms with Crippen LogP contribution >= 0.6 is 0 Å². The van der Waals surface area contributed by atoms with Gasteiger partial charge in [-0.25, -0.2) is 0 Å². The Hall–Kier alpha value is 1.47. The van der Waals surface area contributed by atoms with Crippen LogP contribution < -0.4 is 5.73 Å². The van der Waals surface area contributed by atoms with Crippen LogP contribution in [0.3, 0.4) is 0 Å². The summed E-state index contributed by atoms with van der Waals surface area (Å²) in [5.41, 5.74) is 4.77. The Morgan fingerprint density at radius 2 is 1.90 bits per heavy atom. The first-order chi connectivity index (χ1) is 3.18. The van der Waals surface area contributed by atoms with Crippen molar-refractivity contribution in [3.63, 3.8) is 0 Å². The second kappa shape index (κ2) is 13.1. The smallest absolute Gasteiger partial charge is 0.322 e. The molecule has 1 atom stereocenters. The van der Waals surface area contributed by atoms with E-state index in [9.17, 15) is 4.79 Å². The molecule has 53 valence electrons. The molecule has 1 unspecified atom stereocenters. The number of hydrogen-bond acceptors (Lipinski definition) is 3. The minimum Gasteiger partial charge on any atom is -0.480 e. The van der Waals surface area contributed by atoms with Crippen LogP contribution in [0.25, 0.3) is 0 Å². The van der Waals surface area contributed by atoms with Gasteiger partial charge < -0.3 is 15.9 Å². The van der Waals surface area contributed by atoms with Crippen molar-refractivity contribution < 1.29 is 78.6 Å². The predicted octanol–water partition coefficient (Wildman–Crippen LogP) is -1.62. The van der Waals surface area contributed by atoms with Gasteiger partial charge in [0.15, 0.2) is 0 Å². The standard InChI is InChI=1S/C3H7NO3.Nb.Ti.Zn/c4-2(1-5)3(6)7;;;/h2,5H,1,4H2,(H,6,7);;;. The minimum absolute atomic E-state index is 0. The van der Waals surface area contributed by atoms with Gasteiger partial charge in [0.2, 0.25) is 0 Å². The molecule has 0 aromatic rings. The van der Waals surface area contributed by atoms with Crippen molar-refractivity contribution in [3.8, 4) is 0 Å². The fourth-order valence-corrected chi connectivity index (χ4v) is 0.0781. The number of aliphatic hydroxyl groups is 1. The summed E-state index contributed by atoms with van der Waals surface area (Å²) in [5, 5.41) is 15.9. The molecule has 4 N–H and O–H groups in total. The summed E-state index contributed by atoms with van der Waals surface area (Å²) in [5.74, 6) is -1.18. The van der Waals surface area contributed by atoms with Gasteiger partial charge in [0.1, 0.15) is 6.04 Å². The van der Waals surface area contributed by atoms with E-state index in [2.05, 4.69) is 0 Å². The predicted molar refractivity (Wildman–Crippen MR) is 22.7 cm³/mol. The molecule has 4 nitrogen and oxygen atoms in total. The van der Waals surface area contributed by atoms with Gasteiger partial charge in [-0.15, -0.1) is 0 Å². The summed E-state index contributed by atoms with van der Waals surface area (Å²) in [6, 6.07) is -1.13. The SMILES string of the molecule is NC(CO)C(=O)O.[Nb].[Ti].[Zn]. The van der Waals surface area contributed by atoms with E-state index in [-0.39, 0.29) is 63.6 Å². The number of aliphatic hydroxyl groups excluding tert-OH is 1. The van der Waals surface area contributed by atoms with E-state index in [1.54, 1.807) is 0 Å². The van der Waals surface area contributed by atoms with Gasteiger partial charge >= 0.3 is 5.97 Å². The zero-order chi connectivity index (χ0) is 5.86. The topological polar surface area (TPSA) is 83.5 Å². The molecule has 0 saturated carbocycles. The van der Waals surface area contributed by atoms with Gasteiger partial charge in [-0.3, -0.25) is 4.79 Å². The number of nitrogens with two attached hydrogens (primary N) is 1. The maximum atomic E-state index is 9.65. The fraction of sp³-hybridized carbons (Fsp3) is 0.667. The van der Waals surface area contributed by atoms with Crippen LogP contribution in [0.4, 0.5) is 0 Å². The van der Waals surface area contributed by atoms with Gasteiger partial charge in [0, 0.05) is 63.6 Å². The summed E-state index contributed by atoms with van der Waals surface area (Å²) in [4.78, 5) is 9.65. The zero-order valence-corrected chi connectivity index (χ0v) is 12.0. The number of carboxylic acids is 1. The van der Waals surface area contributed by atoms with Gasteiger partial charge in [-0.05, 0) is 0 Å². The van der Waals surface area contributed by atoms with Crippen molar-refractivity contribution in [3.05, 3.63) is 0 Å². The molecule has 0 bridgehead atoms. The first-order valence-electron chi connectivity index (χ1n) is 1.77. The Bertz CT molecular complexity index is 86.1. The van der Waals surface area contributed by atoms with Gasteiger partial charge in [0.05, 0.1) is 6.61 Å². The molecule has 7 heteroatoms. The third-order valence-corrected chi connectivity index (χ3v) is 0.514. The monoisotopic (exact) mass is 310 g/mol. The van der Waals surface area contributed by atoms with Crippen LogP contribution in [-0.4, -0.2) is 28.8 Å². The summed E-state index contributed by atoms with van der Waals surface area (Å²) >= 11 is 0. The van der Waals surface area contributed by atoms with Crippen LogP contribution in [0.2, 0.25) is 0 Å². The Kier molecular flexibility index (Phi) is 29.5. The van der Waals surface area contributed by atoms with Crippen molar-refractivity contribution >= 4 is 5.97 Å². The number of aliphatic carboxylic acids is 1. The molecule has 0 spiro atoms. The average Bonchev–Trinajstić information content (AvgIpc) is 1.65. The Balaban J connectivity index is -0.0000000600. The first kappa shape index (κ1) is 22.5. The maximum Gasteiger partial charge on any atom is 0.322 e. The van der Waals surface area contributed by atoms with Crippen LogP contribution in [0, 0.1) is 0 Å². The Morgan fingerprint density at radius 1 is 1.60 bits per heavy atom. The van der Waals surface area contributed by atoms with Crippen molar-refractivity contribution in [2.45, 2.75) is 6.04 Å². The van der Waals surface area contributed by atoms with Crippen molar-refractivity contribution in [2.75, 3.05) is 6.61 Å². The van der Waals surface area contributed by atoms with E-state index >= 15 is 0 Å². The van der Waals surface area contributed by atoms with Crippen LogP contribution in [0.5, 0.6) is 0 Å². The summed E-state index contributed by atoms with van der Waals surface area (Å²) in [6.45, 7) is -0.505. The fourth-order valence-electron chi connectivity index (χ4n) is 0.0781. The molecular formula is C3H7NNbO3TiZn. The van der Waals surface area contributed by atoms with Crippen LogP contribution in [0.1, 0.15) is 0 Å². The molecule has 0 saturated heterocycles. The molecule has 0 rings (SSSR count). The third kappa shape index (κ3) is 12.2. The molecule has 0 aromatic heterocycles. The summed E-state index contributed by atoms with van der Waals surface area (Å²) in [6.07, 6.45) is 0. The average molecular weight is 311 g/mol. The maximum absolute atomic E-state index is 9.65. The van der Waals surface area contributed by atoms with Gasteiger partial charge in [-0.1, -0.05) is 0 Å². The van der Waals surface area contributed by atoms with Crippen molar-refractivity contribution in [1.82, 2.24) is 0 Å². The second-order valence-corrected chi connectivity index (χ2v) is 1.13. The molecule has 0 aliphatic rings. The van der Waals surface area contributed by atoms with E-state index in [1.165, 1.54) is 0 Å². The molecule has 0 aliphatic carbocycles. The number of hydrogen-bond donors (Lipinski definition) is 3. The Labute approximate surface area is 102 Å². The molecular weight excluding hydrogens is 304 g/mol. The Morgan fingerprint density at radius 3 is 1.90 bits per heavy atom. The summed E-state index contributed by atoms with van der Waals surface area (Å²) in [7, 11) is 0. The van der Waals surface area contributed by atoms with E-state index in [1.807, 2.05) is 0 Å².